The SMILES string of the molecule is CCCC(CCC)C(=O)C(C=O)Cc1ccccc1. The smallest absolute Gasteiger partial charge is 0.146 e. The number of ketones is 1. The Labute approximate surface area is 116 Å². The fourth-order valence-corrected chi connectivity index (χ4v) is 2.51. The molecule has 0 aliphatic rings. The van der Waals surface area contributed by atoms with Gasteiger partial charge >= 0.3 is 0 Å². The molecular formula is C17H24O2. The summed E-state index contributed by atoms with van der Waals surface area (Å²) >= 11 is 0. The lowest BCUT2D eigenvalue weighted by Crippen LogP contribution is -2.26. The first kappa shape index (κ1) is 15.6. The van der Waals surface area contributed by atoms with Gasteiger partial charge in [0.1, 0.15) is 12.1 Å². The van der Waals surface area contributed by atoms with Gasteiger partial charge in [-0.1, -0.05) is 57.0 Å². The third kappa shape index (κ3) is 4.98. The Morgan fingerprint density at radius 1 is 1.11 bits per heavy atom. The Balaban J connectivity index is 2.72. The highest BCUT2D eigenvalue weighted by molar-refractivity contribution is 5.95. The molecule has 0 aromatic heterocycles. The second-order valence-corrected chi connectivity index (χ2v) is 5.11. The molecule has 0 heterocycles. The van der Waals surface area contributed by atoms with Gasteiger partial charge in [-0.2, -0.15) is 0 Å². The Morgan fingerprint density at radius 2 is 1.68 bits per heavy atom. The maximum atomic E-state index is 12.4. The van der Waals surface area contributed by atoms with Crippen molar-refractivity contribution >= 4 is 12.1 Å². The van der Waals surface area contributed by atoms with Gasteiger partial charge in [-0.25, -0.2) is 0 Å². The molecule has 1 aromatic rings. The number of hydrogen-bond donors (Lipinski definition) is 0. The molecule has 19 heavy (non-hydrogen) atoms. The van der Waals surface area contributed by atoms with Crippen LogP contribution in [-0.4, -0.2) is 12.1 Å². The van der Waals surface area contributed by atoms with Crippen LogP contribution in [0.2, 0.25) is 0 Å². The quantitative estimate of drug-likeness (QED) is 0.499. The average Bonchev–Trinajstić information content (AvgIpc) is 2.45. The normalized spacial score (nSPS) is 12.4. The first-order valence-electron chi connectivity index (χ1n) is 7.25. The number of rotatable bonds is 9. The van der Waals surface area contributed by atoms with E-state index < -0.39 is 5.92 Å². The van der Waals surface area contributed by atoms with E-state index in [1.807, 2.05) is 30.3 Å². The molecule has 0 aliphatic carbocycles. The Kier molecular flexibility index (Phi) is 7.09. The van der Waals surface area contributed by atoms with Crippen LogP contribution in [0, 0.1) is 11.8 Å². The molecule has 1 unspecified atom stereocenters. The summed E-state index contributed by atoms with van der Waals surface area (Å²) in [5.41, 5.74) is 1.06. The molecular weight excluding hydrogens is 236 g/mol. The molecule has 2 heteroatoms. The number of Topliss-reactive ketones (excluding diaryl/α,β-unsaturated/α-hetero) is 1. The van der Waals surface area contributed by atoms with Gasteiger partial charge in [-0.05, 0) is 24.8 Å². The van der Waals surface area contributed by atoms with E-state index in [1.54, 1.807) is 0 Å². The molecule has 0 bridgehead atoms. The minimum atomic E-state index is -0.481. The highest BCUT2D eigenvalue weighted by atomic mass is 16.1. The summed E-state index contributed by atoms with van der Waals surface area (Å²) < 4.78 is 0. The van der Waals surface area contributed by atoms with Gasteiger partial charge in [-0.3, -0.25) is 4.79 Å². The highest BCUT2D eigenvalue weighted by Gasteiger charge is 2.25. The maximum Gasteiger partial charge on any atom is 0.146 e. The van der Waals surface area contributed by atoms with Crippen molar-refractivity contribution in [1.82, 2.24) is 0 Å². The van der Waals surface area contributed by atoms with Crippen LogP contribution in [0.15, 0.2) is 30.3 Å². The van der Waals surface area contributed by atoms with E-state index in [0.717, 1.165) is 37.5 Å². The van der Waals surface area contributed by atoms with Crippen LogP contribution < -0.4 is 0 Å². The van der Waals surface area contributed by atoms with Crippen LogP contribution >= 0.6 is 0 Å². The van der Waals surface area contributed by atoms with Crippen molar-refractivity contribution in [2.24, 2.45) is 11.8 Å². The lowest BCUT2D eigenvalue weighted by Gasteiger charge is -2.18. The predicted octanol–water partition coefficient (Wildman–Crippen LogP) is 3.83. The molecule has 104 valence electrons. The zero-order valence-electron chi connectivity index (χ0n) is 12.0. The van der Waals surface area contributed by atoms with Crippen LogP contribution in [0.5, 0.6) is 0 Å². The fourth-order valence-electron chi connectivity index (χ4n) is 2.51. The predicted molar refractivity (Wildman–Crippen MR) is 78.0 cm³/mol. The molecule has 1 aromatic carbocycles. The number of aldehydes is 1. The second kappa shape index (κ2) is 8.63. The molecule has 0 fully saturated rings. The lowest BCUT2D eigenvalue weighted by molar-refractivity contribution is -0.130. The minimum absolute atomic E-state index is 0.0499. The number of benzene rings is 1. The van der Waals surface area contributed by atoms with E-state index in [2.05, 4.69) is 13.8 Å². The first-order chi connectivity index (χ1) is 9.22. The zero-order chi connectivity index (χ0) is 14.1. The molecule has 0 radical (unpaired) electrons. The number of carbonyl (C=O) groups is 2. The summed E-state index contributed by atoms with van der Waals surface area (Å²) in [5, 5.41) is 0. The van der Waals surface area contributed by atoms with Crippen molar-refractivity contribution in [3.8, 4) is 0 Å². The van der Waals surface area contributed by atoms with Gasteiger partial charge in [0.15, 0.2) is 0 Å². The lowest BCUT2D eigenvalue weighted by atomic mass is 9.84. The molecule has 0 saturated heterocycles. The molecule has 0 amide bonds. The topological polar surface area (TPSA) is 34.1 Å². The van der Waals surface area contributed by atoms with E-state index in [9.17, 15) is 9.59 Å². The molecule has 0 aliphatic heterocycles. The van der Waals surface area contributed by atoms with E-state index in [4.69, 9.17) is 0 Å². The molecule has 0 N–H and O–H groups in total. The summed E-state index contributed by atoms with van der Waals surface area (Å²) in [7, 11) is 0. The van der Waals surface area contributed by atoms with Crippen LogP contribution in [-0.2, 0) is 16.0 Å². The average molecular weight is 260 g/mol. The Bertz CT molecular complexity index is 378. The van der Waals surface area contributed by atoms with E-state index in [-0.39, 0.29) is 11.7 Å². The van der Waals surface area contributed by atoms with Gasteiger partial charge in [-0.15, -0.1) is 0 Å². The third-order valence-corrected chi connectivity index (χ3v) is 3.50. The Hall–Kier alpha value is -1.44. The maximum absolute atomic E-state index is 12.4. The molecule has 2 nitrogen and oxygen atoms in total. The third-order valence-electron chi connectivity index (χ3n) is 3.50. The van der Waals surface area contributed by atoms with Crippen LogP contribution in [0.3, 0.4) is 0 Å². The highest BCUT2D eigenvalue weighted by Crippen LogP contribution is 2.20. The largest absolute Gasteiger partial charge is 0.303 e. The summed E-state index contributed by atoms with van der Waals surface area (Å²) in [4.78, 5) is 23.7. The van der Waals surface area contributed by atoms with Crippen molar-refractivity contribution in [3.63, 3.8) is 0 Å². The van der Waals surface area contributed by atoms with Gasteiger partial charge in [0.2, 0.25) is 0 Å². The molecule has 1 rings (SSSR count). The van der Waals surface area contributed by atoms with E-state index in [0.29, 0.717) is 6.42 Å². The minimum Gasteiger partial charge on any atom is -0.303 e. The van der Waals surface area contributed by atoms with Crippen LogP contribution in [0.25, 0.3) is 0 Å². The number of carbonyl (C=O) groups excluding carboxylic acids is 2. The monoisotopic (exact) mass is 260 g/mol. The number of hydrogen-bond acceptors (Lipinski definition) is 2. The second-order valence-electron chi connectivity index (χ2n) is 5.11. The standard InChI is InChI=1S/C17H24O2/c1-3-8-15(9-4-2)17(19)16(13-18)12-14-10-6-5-7-11-14/h5-7,10-11,13,15-16H,3-4,8-9,12H2,1-2H3. The van der Waals surface area contributed by atoms with Crippen molar-refractivity contribution < 1.29 is 9.59 Å². The first-order valence-corrected chi connectivity index (χ1v) is 7.25. The molecule has 0 spiro atoms. The van der Waals surface area contributed by atoms with Crippen molar-refractivity contribution in [2.75, 3.05) is 0 Å². The van der Waals surface area contributed by atoms with Gasteiger partial charge in [0.05, 0.1) is 5.92 Å². The molecule has 0 saturated carbocycles. The fraction of sp³-hybridized carbons (Fsp3) is 0.529. The van der Waals surface area contributed by atoms with E-state index in [1.165, 1.54) is 0 Å². The van der Waals surface area contributed by atoms with Gasteiger partial charge in [0, 0.05) is 5.92 Å². The summed E-state index contributed by atoms with van der Waals surface area (Å²) in [5.74, 6) is -0.304. The van der Waals surface area contributed by atoms with Crippen LogP contribution in [0.1, 0.15) is 45.1 Å². The summed E-state index contributed by atoms with van der Waals surface area (Å²) in [6.07, 6.45) is 5.14. The zero-order valence-corrected chi connectivity index (χ0v) is 12.0. The van der Waals surface area contributed by atoms with Crippen molar-refractivity contribution in [1.29, 1.82) is 0 Å². The van der Waals surface area contributed by atoms with Gasteiger partial charge < -0.3 is 4.79 Å². The van der Waals surface area contributed by atoms with Gasteiger partial charge in [0.25, 0.3) is 0 Å². The van der Waals surface area contributed by atoms with E-state index >= 15 is 0 Å². The van der Waals surface area contributed by atoms with Crippen molar-refractivity contribution in [3.05, 3.63) is 35.9 Å². The van der Waals surface area contributed by atoms with Crippen molar-refractivity contribution in [2.45, 2.75) is 46.0 Å². The van der Waals surface area contributed by atoms with Crippen LogP contribution in [0.4, 0.5) is 0 Å². The Morgan fingerprint density at radius 3 is 2.16 bits per heavy atom. The summed E-state index contributed by atoms with van der Waals surface area (Å²) in [6.45, 7) is 4.17. The molecule has 1 atom stereocenters. The summed E-state index contributed by atoms with van der Waals surface area (Å²) in [6, 6.07) is 9.77.